The van der Waals surface area contributed by atoms with Gasteiger partial charge in [0.1, 0.15) is 0 Å². The molecule has 6 rings (SSSR count). The van der Waals surface area contributed by atoms with E-state index in [2.05, 4.69) is 74.4 Å². The summed E-state index contributed by atoms with van der Waals surface area (Å²) in [6.07, 6.45) is 12.0. The fourth-order valence-electron chi connectivity index (χ4n) is 8.50. The van der Waals surface area contributed by atoms with Crippen molar-refractivity contribution in [1.29, 1.82) is 0 Å². The number of aromatic nitrogens is 2. The third-order valence-corrected chi connectivity index (χ3v) is 23.2. The molecule has 4 aromatic rings. The van der Waals surface area contributed by atoms with Crippen molar-refractivity contribution in [3.05, 3.63) is 138 Å². The fraction of sp³-hybridized carbons (Fsp3) is 0.333. The van der Waals surface area contributed by atoms with E-state index in [1.165, 1.54) is 34.6 Å². The number of hydrogen-bond donors (Lipinski definition) is 0. The van der Waals surface area contributed by atoms with Gasteiger partial charge in [0.05, 0.1) is 0 Å². The van der Waals surface area contributed by atoms with Crippen LogP contribution in [0.4, 0.5) is 17.6 Å². The molecule has 0 aliphatic heterocycles. The van der Waals surface area contributed by atoms with Crippen LogP contribution in [-0.2, 0) is 29.7 Å². The van der Waals surface area contributed by atoms with Gasteiger partial charge in [-0.25, -0.2) is 0 Å². The van der Waals surface area contributed by atoms with Gasteiger partial charge in [-0.3, -0.25) is 0 Å². The first-order chi connectivity index (χ1) is 23.9. The van der Waals surface area contributed by atoms with E-state index in [0.29, 0.717) is 24.0 Å². The van der Waals surface area contributed by atoms with E-state index in [-0.39, 0.29) is 20.8 Å². The standard InChI is InChI=1S/2C16H20F2NSi.2C5H5.Ti/c2*1-11-8-16(20(3,4)5)12(2)19(11)10-13-6-7-14(17)9-15(13)18;2*1-2-4-5-3-1;/h2*6-8H,10H2,1-5H3;2*1-3H,4H2;. The van der Waals surface area contributed by atoms with E-state index in [4.69, 9.17) is 0 Å². The van der Waals surface area contributed by atoms with E-state index < -0.39 is 56.0 Å². The summed E-state index contributed by atoms with van der Waals surface area (Å²) >= 11 is -4.97. The van der Waals surface area contributed by atoms with E-state index in [9.17, 15) is 0 Å². The predicted octanol–water partition coefficient (Wildman–Crippen LogP) is 9.06. The van der Waals surface area contributed by atoms with Gasteiger partial charge in [-0.05, 0) is 0 Å². The number of allylic oxidation sites excluding steroid dienone is 8. The fourth-order valence-corrected chi connectivity index (χ4v) is 20.6. The zero-order valence-corrected chi connectivity index (χ0v) is 35.2. The molecule has 0 amide bonds. The number of aryl methyl sites for hydroxylation is 2. The molecule has 51 heavy (non-hydrogen) atoms. The molecule has 0 radical (unpaired) electrons. The molecule has 0 spiro atoms. The number of benzene rings is 2. The molecule has 2 aliphatic rings. The van der Waals surface area contributed by atoms with E-state index in [0.717, 1.165) is 30.5 Å². The normalized spacial score (nSPS) is 14.9. The summed E-state index contributed by atoms with van der Waals surface area (Å²) in [6, 6.07) is 10.0. The van der Waals surface area contributed by atoms with Crippen LogP contribution in [0.25, 0.3) is 0 Å². The van der Waals surface area contributed by atoms with Gasteiger partial charge in [0.2, 0.25) is 0 Å². The minimum atomic E-state index is -4.97. The summed E-state index contributed by atoms with van der Waals surface area (Å²) in [4.78, 5) is 0. The quantitative estimate of drug-likeness (QED) is 0.113. The first-order valence-corrected chi connectivity index (χ1v) is 28.0. The Morgan fingerprint density at radius 2 is 0.961 bits per heavy atom. The topological polar surface area (TPSA) is 9.86 Å². The molecule has 2 aromatic heterocycles. The molecule has 9 heteroatoms. The van der Waals surface area contributed by atoms with Crippen LogP contribution in [0.15, 0.2) is 80.6 Å². The summed E-state index contributed by atoms with van der Waals surface area (Å²) in [5, 5.41) is 2.59. The van der Waals surface area contributed by atoms with Crippen molar-refractivity contribution in [2.45, 2.75) is 92.9 Å². The second-order valence-corrected chi connectivity index (χ2v) is 32.4. The molecular formula is C42H50F4N2Si2Ti. The molecule has 2 heterocycles. The Bertz CT molecular complexity index is 2020. The Balaban J connectivity index is 1.61. The molecule has 0 unspecified atom stereocenters. The van der Waals surface area contributed by atoms with Gasteiger partial charge in [-0.2, -0.15) is 0 Å². The number of hydrogen-bond acceptors (Lipinski definition) is 0. The van der Waals surface area contributed by atoms with Crippen LogP contribution in [-0.4, -0.2) is 25.3 Å². The van der Waals surface area contributed by atoms with Gasteiger partial charge in [0, 0.05) is 0 Å². The third kappa shape index (κ3) is 6.45. The van der Waals surface area contributed by atoms with Crippen molar-refractivity contribution in [2.24, 2.45) is 0 Å². The Labute approximate surface area is 306 Å². The molecule has 2 nitrogen and oxygen atoms in total. The number of nitrogens with zero attached hydrogens (tertiary/aromatic N) is 2. The Morgan fingerprint density at radius 3 is 1.25 bits per heavy atom. The maximum atomic E-state index is 17.6. The van der Waals surface area contributed by atoms with Gasteiger partial charge < -0.3 is 0 Å². The molecule has 0 saturated carbocycles. The van der Waals surface area contributed by atoms with Crippen LogP contribution in [0.3, 0.4) is 0 Å². The summed E-state index contributed by atoms with van der Waals surface area (Å²) < 4.78 is 74.1. The van der Waals surface area contributed by atoms with E-state index in [1.807, 2.05) is 50.3 Å². The van der Waals surface area contributed by atoms with Gasteiger partial charge in [0.15, 0.2) is 0 Å². The zero-order valence-electron chi connectivity index (χ0n) is 31.7. The molecule has 2 aromatic carbocycles. The molecule has 0 atom stereocenters. The van der Waals surface area contributed by atoms with Crippen LogP contribution in [0.1, 0.15) is 46.7 Å². The third-order valence-electron chi connectivity index (χ3n) is 11.0. The summed E-state index contributed by atoms with van der Waals surface area (Å²) in [7, 11) is -3.38. The molecule has 268 valence electrons. The maximum absolute atomic E-state index is 17.6. The molecule has 0 fully saturated rings. The Kier molecular flexibility index (Phi) is 10.1. The monoisotopic (exact) mass is 762 g/mol. The van der Waals surface area contributed by atoms with Gasteiger partial charge >= 0.3 is 308 Å². The molecular weight excluding hydrogens is 713 g/mol. The van der Waals surface area contributed by atoms with E-state index >= 15 is 17.6 Å². The van der Waals surface area contributed by atoms with Gasteiger partial charge in [0.25, 0.3) is 0 Å². The van der Waals surface area contributed by atoms with Crippen molar-refractivity contribution < 1.29 is 34.2 Å². The van der Waals surface area contributed by atoms with Crippen molar-refractivity contribution in [3.8, 4) is 0 Å². The average molecular weight is 763 g/mol. The summed E-state index contributed by atoms with van der Waals surface area (Å²) in [5.41, 5.74) is 4.80. The minimum absolute atomic E-state index is 0.144. The second kappa shape index (κ2) is 13.7. The SMILES string of the molecule is Cc1cc([Si](C)(C)C)c(C)n1Cc1ccc(F)[c]([Ti]([C]2=CC=CC2)([C]2=CC=CC2)[c]2c(F)ccc(Cn3c(C)cc([Si](C)(C)C)c3C)c2F)c1F. The molecule has 0 N–H and O–H groups in total. The van der Waals surface area contributed by atoms with Crippen LogP contribution in [0, 0.1) is 51.0 Å². The Morgan fingerprint density at radius 1 is 0.588 bits per heavy atom. The number of rotatable bonds is 10. The summed E-state index contributed by atoms with van der Waals surface area (Å²) in [5.74, 6) is -2.89. The van der Waals surface area contributed by atoms with Crippen LogP contribution in [0.2, 0.25) is 39.3 Å². The zero-order chi connectivity index (χ0) is 37.2. The van der Waals surface area contributed by atoms with Crippen molar-refractivity contribution in [1.82, 2.24) is 9.13 Å². The number of halogens is 4. The first-order valence-electron chi connectivity index (χ1n) is 17.9. The van der Waals surface area contributed by atoms with Crippen molar-refractivity contribution in [2.75, 3.05) is 0 Å². The van der Waals surface area contributed by atoms with Gasteiger partial charge in [-0.1, -0.05) is 0 Å². The van der Waals surface area contributed by atoms with E-state index in [1.54, 1.807) is 0 Å². The first kappa shape index (κ1) is 37.6. The molecule has 0 bridgehead atoms. The van der Waals surface area contributed by atoms with Crippen LogP contribution < -0.4 is 18.1 Å². The average Bonchev–Trinajstić information content (AvgIpc) is 3.86. The van der Waals surface area contributed by atoms with Crippen molar-refractivity contribution in [3.63, 3.8) is 0 Å². The Hall–Kier alpha value is -3.17. The van der Waals surface area contributed by atoms with Crippen molar-refractivity contribution >= 4 is 34.3 Å². The summed E-state index contributed by atoms with van der Waals surface area (Å²) in [6.45, 7) is 22.3. The van der Waals surface area contributed by atoms with Crippen LogP contribution in [0.5, 0.6) is 0 Å². The molecule has 0 saturated heterocycles. The van der Waals surface area contributed by atoms with Crippen LogP contribution >= 0.6 is 0 Å². The predicted molar refractivity (Wildman–Crippen MR) is 208 cm³/mol. The second-order valence-electron chi connectivity index (χ2n) is 16.4. The molecule has 2 aliphatic carbocycles. The van der Waals surface area contributed by atoms with Gasteiger partial charge in [-0.15, -0.1) is 0 Å².